The zero-order valence-electron chi connectivity index (χ0n) is 16.3. The van der Waals surface area contributed by atoms with Gasteiger partial charge in [-0.1, -0.05) is 6.92 Å². The molecule has 142 valence electrons. The van der Waals surface area contributed by atoms with Crippen LogP contribution in [0.25, 0.3) is 0 Å². The normalized spacial score (nSPS) is 39.3. The molecule has 1 aromatic rings. The van der Waals surface area contributed by atoms with Crippen LogP contribution in [0, 0.1) is 11.8 Å². The SMILES string of the molecule is CCc1cc(O)cc2c1C[C@@H]1[C@@H]3CC[C@](C)(O)C[C@]23CCN1CC1CC1. The topological polar surface area (TPSA) is 43.7 Å². The molecule has 4 aliphatic rings. The second kappa shape index (κ2) is 5.72. The van der Waals surface area contributed by atoms with Crippen molar-refractivity contribution in [2.24, 2.45) is 11.8 Å². The van der Waals surface area contributed by atoms with Crippen LogP contribution in [0.5, 0.6) is 5.75 Å². The van der Waals surface area contributed by atoms with Gasteiger partial charge in [0.25, 0.3) is 0 Å². The standard InChI is InChI=1S/C23H33NO2/c1-3-16-10-17(25)11-20-18(16)12-21-19-6-7-22(2,26)14-23(19,20)8-9-24(21)13-15-4-5-15/h10-11,15,19,21,25-26H,3-9,12-14H2,1-2H3/t19-,21+,22-,23-/m0/s1. The van der Waals surface area contributed by atoms with E-state index >= 15 is 0 Å². The van der Waals surface area contributed by atoms with Crippen LogP contribution in [0.4, 0.5) is 0 Å². The lowest BCUT2D eigenvalue weighted by Gasteiger charge is -2.61. The Hall–Kier alpha value is -1.06. The number of likely N-dealkylation sites (tertiary alicyclic amines) is 1. The van der Waals surface area contributed by atoms with Gasteiger partial charge in [0.2, 0.25) is 0 Å². The van der Waals surface area contributed by atoms with Gasteiger partial charge in [0, 0.05) is 18.0 Å². The van der Waals surface area contributed by atoms with E-state index in [1.165, 1.54) is 36.1 Å². The molecule has 3 heteroatoms. The van der Waals surface area contributed by atoms with Crippen LogP contribution in [0.2, 0.25) is 0 Å². The first-order valence-corrected chi connectivity index (χ1v) is 10.7. The zero-order valence-corrected chi connectivity index (χ0v) is 16.3. The molecule has 3 aliphatic carbocycles. The van der Waals surface area contributed by atoms with Gasteiger partial charge in [0.15, 0.2) is 0 Å². The summed E-state index contributed by atoms with van der Waals surface area (Å²) in [4.78, 5) is 2.80. The number of hydrogen-bond donors (Lipinski definition) is 2. The zero-order chi connectivity index (χ0) is 18.1. The molecule has 0 radical (unpaired) electrons. The van der Waals surface area contributed by atoms with Gasteiger partial charge < -0.3 is 10.2 Å². The molecule has 0 spiro atoms. The minimum Gasteiger partial charge on any atom is -0.508 e. The predicted octanol–water partition coefficient (Wildman–Crippen LogP) is 3.78. The van der Waals surface area contributed by atoms with Gasteiger partial charge in [-0.05, 0) is 105 Å². The number of aryl methyl sites for hydroxylation is 1. The van der Waals surface area contributed by atoms with Crippen molar-refractivity contribution < 1.29 is 10.2 Å². The first-order chi connectivity index (χ1) is 12.4. The molecular weight excluding hydrogens is 322 g/mol. The minimum atomic E-state index is -0.577. The van der Waals surface area contributed by atoms with Gasteiger partial charge in [-0.3, -0.25) is 4.90 Å². The van der Waals surface area contributed by atoms with Crippen LogP contribution in [-0.2, 0) is 18.3 Å². The van der Waals surface area contributed by atoms with E-state index in [1.807, 2.05) is 13.0 Å². The molecule has 3 fully saturated rings. The van der Waals surface area contributed by atoms with Crippen molar-refractivity contribution in [2.45, 2.75) is 82.3 Å². The summed E-state index contributed by atoms with van der Waals surface area (Å²) >= 11 is 0. The lowest BCUT2D eigenvalue weighted by Crippen LogP contribution is -2.64. The first-order valence-electron chi connectivity index (χ1n) is 10.7. The second-order valence-corrected chi connectivity index (χ2v) is 9.92. The van der Waals surface area contributed by atoms with E-state index in [1.54, 1.807) is 0 Å². The van der Waals surface area contributed by atoms with Crippen molar-refractivity contribution in [3.63, 3.8) is 0 Å². The van der Waals surface area contributed by atoms with Crippen LogP contribution < -0.4 is 0 Å². The highest BCUT2D eigenvalue weighted by atomic mass is 16.3. The highest BCUT2D eigenvalue weighted by molar-refractivity contribution is 5.50. The van der Waals surface area contributed by atoms with Crippen molar-refractivity contribution in [3.8, 4) is 5.75 Å². The van der Waals surface area contributed by atoms with Gasteiger partial charge in [-0.15, -0.1) is 0 Å². The third-order valence-corrected chi connectivity index (χ3v) is 8.03. The number of hydrogen-bond acceptors (Lipinski definition) is 3. The third kappa shape index (κ3) is 2.54. The summed E-state index contributed by atoms with van der Waals surface area (Å²) in [7, 11) is 0. The second-order valence-electron chi connectivity index (χ2n) is 9.92. The average Bonchev–Trinajstić information content (AvgIpc) is 3.40. The van der Waals surface area contributed by atoms with E-state index < -0.39 is 5.60 Å². The summed E-state index contributed by atoms with van der Waals surface area (Å²) in [5.74, 6) is 1.98. The van der Waals surface area contributed by atoms with E-state index in [-0.39, 0.29) is 5.41 Å². The molecule has 5 rings (SSSR count). The molecule has 1 aromatic carbocycles. The summed E-state index contributed by atoms with van der Waals surface area (Å²) in [5, 5.41) is 21.4. The largest absolute Gasteiger partial charge is 0.508 e. The number of piperidine rings is 1. The highest BCUT2D eigenvalue weighted by Crippen LogP contribution is 2.59. The van der Waals surface area contributed by atoms with Crippen LogP contribution in [0.15, 0.2) is 12.1 Å². The Balaban J connectivity index is 1.64. The maximum atomic E-state index is 11.0. The number of rotatable bonds is 3. The fraction of sp³-hybridized carbons (Fsp3) is 0.739. The molecule has 0 amide bonds. The van der Waals surface area contributed by atoms with Gasteiger partial charge in [0.05, 0.1) is 5.60 Å². The van der Waals surface area contributed by atoms with Gasteiger partial charge in [-0.2, -0.15) is 0 Å². The summed E-state index contributed by atoms with van der Waals surface area (Å²) in [5.41, 5.74) is 3.67. The molecular formula is C23H33NO2. The molecule has 2 N–H and O–H groups in total. The van der Waals surface area contributed by atoms with Crippen LogP contribution in [0.1, 0.15) is 69.1 Å². The van der Waals surface area contributed by atoms with Crippen molar-refractivity contribution in [3.05, 3.63) is 28.8 Å². The lowest BCUT2D eigenvalue weighted by atomic mass is 9.49. The Morgan fingerprint density at radius 3 is 2.73 bits per heavy atom. The highest BCUT2D eigenvalue weighted by Gasteiger charge is 2.58. The van der Waals surface area contributed by atoms with Crippen molar-refractivity contribution in [2.75, 3.05) is 13.1 Å². The number of nitrogens with zero attached hydrogens (tertiary/aromatic N) is 1. The maximum absolute atomic E-state index is 11.0. The number of aliphatic hydroxyl groups is 1. The molecule has 0 aromatic heterocycles. The predicted molar refractivity (Wildman–Crippen MR) is 104 cm³/mol. The molecule has 3 nitrogen and oxygen atoms in total. The van der Waals surface area contributed by atoms with Crippen molar-refractivity contribution in [1.29, 1.82) is 0 Å². The van der Waals surface area contributed by atoms with E-state index in [0.717, 1.165) is 51.0 Å². The van der Waals surface area contributed by atoms with Crippen molar-refractivity contribution >= 4 is 0 Å². The van der Waals surface area contributed by atoms with Crippen LogP contribution in [-0.4, -0.2) is 39.8 Å². The van der Waals surface area contributed by atoms with E-state index in [2.05, 4.69) is 17.9 Å². The smallest absolute Gasteiger partial charge is 0.116 e. The van der Waals surface area contributed by atoms with Gasteiger partial charge in [-0.25, -0.2) is 0 Å². The molecule has 1 heterocycles. The molecule has 1 aliphatic heterocycles. The van der Waals surface area contributed by atoms with E-state index in [9.17, 15) is 10.2 Å². The Kier molecular flexibility index (Phi) is 3.75. The molecule has 1 saturated heterocycles. The fourth-order valence-corrected chi connectivity index (χ4v) is 6.72. The molecule has 2 saturated carbocycles. The Morgan fingerprint density at radius 1 is 1.19 bits per heavy atom. The minimum absolute atomic E-state index is 0.0582. The summed E-state index contributed by atoms with van der Waals surface area (Å²) in [6, 6.07) is 4.66. The monoisotopic (exact) mass is 355 g/mol. The molecule has 0 unspecified atom stereocenters. The van der Waals surface area contributed by atoms with Gasteiger partial charge >= 0.3 is 0 Å². The lowest BCUT2D eigenvalue weighted by molar-refractivity contribution is -0.0895. The quantitative estimate of drug-likeness (QED) is 0.867. The fourth-order valence-electron chi connectivity index (χ4n) is 6.72. The number of phenolic OH excluding ortho intramolecular Hbond substituents is 1. The van der Waals surface area contributed by atoms with Crippen LogP contribution >= 0.6 is 0 Å². The first kappa shape index (κ1) is 17.1. The van der Waals surface area contributed by atoms with Gasteiger partial charge in [0.1, 0.15) is 5.75 Å². The number of fused-ring (bicyclic) bond motifs is 1. The summed E-state index contributed by atoms with van der Waals surface area (Å²) in [6.45, 7) is 6.67. The summed E-state index contributed by atoms with van der Waals surface area (Å²) < 4.78 is 0. The number of benzene rings is 1. The van der Waals surface area contributed by atoms with Crippen molar-refractivity contribution in [1.82, 2.24) is 4.90 Å². The maximum Gasteiger partial charge on any atom is 0.116 e. The van der Waals surface area contributed by atoms with E-state index in [0.29, 0.717) is 17.7 Å². The summed E-state index contributed by atoms with van der Waals surface area (Å²) in [6.07, 6.45) is 8.98. The molecule has 2 bridgehead atoms. The van der Waals surface area contributed by atoms with Crippen LogP contribution in [0.3, 0.4) is 0 Å². The van der Waals surface area contributed by atoms with E-state index in [4.69, 9.17) is 0 Å². The molecule has 4 atom stereocenters. The Morgan fingerprint density at radius 2 is 2.00 bits per heavy atom. The third-order valence-electron chi connectivity index (χ3n) is 8.03. The number of aromatic hydroxyl groups is 1. The number of phenols is 1. The average molecular weight is 356 g/mol. The Labute approximate surface area is 157 Å². The molecule has 26 heavy (non-hydrogen) atoms. The Bertz CT molecular complexity index is 723.